The first-order valence-corrected chi connectivity index (χ1v) is 4.54. The lowest BCUT2D eigenvalue weighted by Gasteiger charge is -2.05. The van der Waals surface area contributed by atoms with Gasteiger partial charge in [0.1, 0.15) is 12.4 Å². The minimum absolute atomic E-state index is 0.197. The lowest BCUT2D eigenvalue weighted by Crippen LogP contribution is -2.09. The number of benzene rings is 1. The Balaban J connectivity index is 2.35. The van der Waals surface area contributed by atoms with Crippen molar-refractivity contribution in [2.24, 2.45) is 0 Å². The highest BCUT2D eigenvalue weighted by atomic mass is 16.5. The minimum Gasteiger partial charge on any atom is -0.493 e. The molecule has 1 aromatic rings. The van der Waals surface area contributed by atoms with E-state index in [1.807, 2.05) is 31.2 Å². The third-order valence-electron chi connectivity index (χ3n) is 1.82. The molecule has 0 amide bonds. The van der Waals surface area contributed by atoms with Gasteiger partial charge < -0.3 is 9.84 Å². The van der Waals surface area contributed by atoms with E-state index in [-0.39, 0.29) is 12.2 Å². The molecule has 1 rings (SSSR count). The largest absolute Gasteiger partial charge is 0.493 e. The van der Waals surface area contributed by atoms with E-state index in [0.29, 0.717) is 6.61 Å². The van der Waals surface area contributed by atoms with Crippen LogP contribution in [0.2, 0.25) is 0 Å². The molecule has 0 atom stereocenters. The summed E-state index contributed by atoms with van der Waals surface area (Å²) < 4.78 is 5.33. The SMILES string of the molecule is Cc1cccc(OCCC(=O)CO)c1. The van der Waals surface area contributed by atoms with Gasteiger partial charge in [-0.05, 0) is 24.6 Å². The second kappa shape index (κ2) is 5.40. The fourth-order valence-corrected chi connectivity index (χ4v) is 1.07. The van der Waals surface area contributed by atoms with Crippen LogP contribution in [0.3, 0.4) is 0 Å². The summed E-state index contributed by atoms with van der Waals surface area (Å²) in [5, 5.41) is 8.47. The number of ketones is 1. The van der Waals surface area contributed by atoms with Crippen LogP contribution < -0.4 is 4.74 Å². The third kappa shape index (κ3) is 3.58. The fraction of sp³-hybridized carbons (Fsp3) is 0.364. The predicted octanol–water partition coefficient (Wildman–Crippen LogP) is 1.33. The van der Waals surface area contributed by atoms with Crippen LogP contribution in [0.15, 0.2) is 24.3 Å². The molecule has 0 aliphatic heterocycles. The van der Waals surface area contributed by atoms with Gasteiger partial charge in [-0.3, -0.25) is 4.79 Å². The van der Waals surface area contributed by atoms with Crippen LogP contribution in [0.5, 0.6) is 5.75 Å². The number of carbonyl (C=O) groups excluding carboxylic acids is 1. The van der Waals surface area contributed by atoms with Gasteiger partial charge in [0, 0.05) is 6.42 Å². The van der Waals surface area contributed by atoms with Crippen LogP contribution in [-0.2, 0) is 4.79 Å². The summed E-state index contributed by atoms with van der Waals surface area (Å²) in [5.41, 5.74) is 1.12. The Morgan fingerprint density at radius 1 is 1.50 bits per heavy atom. The van der Waals surface area contributed by atoms with Crippen molar-refractivity contribution in [2.75, 3.05) is 13.2 Å². The van der Waals surface area contributed by atoms with Crippen molar-refractivity contribution in [1.82, 2.24) is 0 Å². The van der Waals surface area contributed by atoms with Gasteiger partial charge in [-0.15, -0.1) is 0 Å². The molecule has 3 nitrogen and oxygen atoms in total. The number of rotatable bonds is 5. The lowest BCUT2D eigenvalue weighted by atomic mass is 10.2. The van der Waals surface area contributed by atoms with E-state index < -0.39 is 6.61 Å². The molecular formula is C11H14O3. The molecule has 14 heavy (non-hydrogen) atoms. The van der Waals surface area contributed by atoms with Crippen molar-refractivity contribution in [3.63, 3.8) is 0 Å². The maximum Gasteiger partial charge on any atom is 0.161 e. The quantitative estimate of drug-likeness (QED) is 0.769. The van der Waals surface area contributed by atoms with Gasteiger partial charge in [-0.2, -0.15) is 0 Å². The Labute approximate surface area is 83.3 Å². The minimum atomic E-state index is -0.406. The number of Topliss-reactive ketones (excluding diaryl/α,β-unsaturated/α-hetero) is 1. The topological polar surface area (TPSA) is 46.5 Å². The molecule has 0 aliphatic rings. The Bertz CT molecular complexity index is 307. The van der Waals surface area contributed by atoms with Gasteiger partial charge in [0.2, 0.25) is 0 Å². The zero-order valence-corrected chi connectivity index (χ0v) is 8.19. The van der Waals surface area contributed by atoms with E-state index in [4.69, 9.17) is 9.84 Å². The van der Waals surface area contributed by atoms with Gasteiger partial charge in [0.15, 0.2) is 5.78 Å². The van der Waals surface area contributed by atoms with Crippen LogP contribution in [0.1, 0.15) is 12.0 Å². The average Bonchev–Trinajstić information content (AvgIpc) is 2.17. The maximum absolute atomic E-state index is 10.7. The molecule has 3 heteroatoms. The molecule has 0 spiro atoms. The monoisotopic (exact) mass is 194 g/mol. The molecule has 0 saturated carbocycles. The molecule has 0 fully saturated rings. The van der Waals surface area contributed by atoms with Crippen molar-refractivity contribution in [3.8, 4) is 5.75 Å². The van der Waals surface area contributed by atoms with E-state index in [2.05, 4.69) is 0 Å². The lowest BCUT2D eigenvalue weighted by molar-refractivity contribution is -0.122. The number of hydrogen-bond acceptors (Lipinski definition) is 3. The first-order chi connectivity index (χ1) is 6.72. The first kappa shape index (κ1) is 10.7. The molecule has 1 aromatic carbocycles. The van der Waals surface area contributed by atoms with Crippen LogP contribution in [0.25, 0.3) is 0 Å². The summed E-state index contributed by atoms with van der Waals surface area (Å²) in [5.74, 6) is 0.563. The number of aliphatic hydroxyl groups excluding tert-OH is 1. The Kier molecular flexibility index (Phi) is 4.13. The van der Waals surface area contributed by atoms with E-state index in [1.54, 1.807) is 0 Å². The highest BCUT2D eigenvalue weighted by molar-refractivity contribution is 5.79. The Hall–Kier alpha value is -1.35. The van der Waals surface area contributed by atoms with E-state index in [9.17, 15) is 4.79 Å². The summed E-state index contributed by atoms with van der Waals surface area (Å²) in [6.45, 7) is 1.89. The summed E-state index contributed by atoms with van der Waals surface area (Å²) in [4.78, 5) is 10.7. The van der Waals surface area contributed by atoms with Crippen LogP contribution in [0, 0.1) is 6.92 Å². The Morgan fingerprint density at radius 2 is 2.29 bits per heavy atom. The fourth-order valence-electron chi connectivity index (χ4n) is 1.07. The molecule has 0 aliphatic carbocycles. The van der Waals surface area contributed by atoms with Crippen molar-refractivity contribution in [1.29, 1.82) is 0 Å². The highest BCUT2D eigenvalue weighted by Gasteiger charge is 1.99. The molecule has 0 aromatic heterocycles. The zero-order chi connectivity index (χ0) is 10.4. The number of hydrogen-bond donors (Lipinski definition) is 1. The summed E-state index contributed by atoms with van der Waals surface area (Å²) >= 11 is 0. The van der Waals surface area contributed by atoms with Gasteiger partial charge in [0.05, 0.1) is 6.61 Å². The van der Waals surface area contributed by atoms with Gasteiger partial charge >= 0.3 is 0 Å². The van der Waals surface area contributed by atoms with E-state index in [1.165, 1.54) is 0 Å². The van der Waals surface area contributed by atoms with Crippen molar-refractivity contribution >= 4 is 5.78 Å². The zero-order valence-electron chi connectivity index (χ0n) is 8.19. The van der Waals surface area contributed by atoms with E-state index in [0.717, 1.165) is 11.3 Å². The summed E-state index contributed by atoms with van der Waals surface area (Å²) in [6.07, 6.45) is 0.254. The summed E-state index contributed by atoms with van der Waals surface area (Å²) in [7, 11) is 0. The molecule has 0 radical (unpaired) electrons. The summed E-state index contributed by atoms with van der Waals surface area (Å²) in [6, 6.07) is 7.63. The highest BCUT2D eigenvalue weighted by Crippen LogP contribution is 2.12. The molecule has 0 bridgehead atoms. The number of carbonyl (C=O) groups is 1. The maximum atomic E-state index is 10.7. The van der Waals surface area contributed by atoms with Crippen LogP contribution in [-0.4, -0.2) is 24.1 Å². The van der Waals surface area contributed by atoms with Crippen LogP contribution in [0.4, 0.5) is 0 Å². The molecule has 0 heterocycles. The smallest absolute Gasteiger partial charge is 0.161 e. The molecular weight excluding hydrogens is 180 g/mol. The average molecular weight is 194 g/mol. The molecule has 76 valence electrons. The number of aliphatic hydroxyl groups is 1. The van der Waals surface area contributed by atoms with Gasteiger partial charge in [0.25, 0.3) is 0 Å². The van der Waals surface area contributed by atoms with Crippen LogP contribution >= 0.6 is 0 Å². The van der Waals surface area contributed by atoms with Crippen molar-refractivity contribution in [3.05, 3.63) is 29.8 Å². The molecule has 0 saturated heterocycles. The first-order valence-electron chi connectivity index (χ1n) is 4.54. The predicted molar refractivity (Wildman–Crippen MR) is 53.4 cm³/mol. The van der Waals surface area contributed by atoms with E-state index >= 15 is 0 Å². The van der Waals surface area contributed by atoms with Crippen molar-refractivity contribution < 1.29 is 14.6 Å². The molecule has 0 unspecified atom stereocenters. The third-order valence-corrected chi connectivity index (χ3v) is 1.82. The standard InChI is InChI=1S/C11H14O3/c1-9-3-2-4-11(7-9)14-6-5-10(13)8-12/h2-4,7,12H,5-6,8H2,1H3. The molecule has 1 N–H and O–H groups in total. The Morgan fingerprint density at radius 3 is 2.93 bits per heavy atom. The second-order valence-corrected chi connectivity index (χ2v) is 3.11. The van der Waals surface area contributed by atoms with Gasteiger partial charge in [-0.1, -0.05) is 12.1 Å². The normalized spacial score (nSPS) is 9.86. The van der Waals surface area contributed by atoms with Crippen molar-refractivity contribution in [2.45, 2.75) is 13.3 Å². The number of ether oxygens (including phenoxy) is 1. The number of aryl methyl sites for hydroxylation is 1. The second-order valence-electron chi connectivity index (χ2n) is 3.11. The van der Waals surface area contributed by atoms with Gasteiger partial charge in [-0.25, -0.2) is 0 Å².